The molecule has 7 heteroatoms. The highest BCUT2D eigenvalue weighted by Crippen LogP contribution is 2.18. The molecule has 2 rings (SSSR count). The Bertz CT molecular complexity index is 578. The quantitative estimate of drug-likeness (QED) is 0.827. The summed E-state index contributed by atoms with van der Waals surface area (Å²) in [6.07, 6.45) is 4.21. The molecule has 1 heterocycles. The van der Waals surface area contributed by atoms with E-state index in [0.717, 1.165) is 31.2 Å². The van der Waals surface area contributed by atoms with Crippen LogP contribution < -0.4 is 10.6 Å². The van der Waals surface area contributed by atoms with Gasteiger partial charge < -0.3 is 10.1 Å². The molecule has 126 valence electrons. The maximum absolute atomic E-state index is 12.0. The number of hydrogen-bond donors (Lipinski definition) is 2. The summed E-state index contributed by atoms with van der Waals surface area (Å²) in [5.74, 6) is -1.17. The van der Waals surface area contributed by atoms with E-state index >= 15 is 0 Å². The van der Waals surface area contributed by atoms with Gasteiger partial charge in [0.05, 0.1) is 0 Å². The number of nitrogens with one attached hydrogen (secondary N) is 2. The first kappa shape index (κ1) is 17.5. The lowest BCUT2D eigenvalue weighted by Gasteiger charge is -2.23. The van der Waals surface area contributed by atoms with Gasteiger partial charge in [-0.25, -0.2) is 9.59 Å². The normalized spacial score (nSPS) is 16.4. The van der Waals surface area contributed by atoms with Crippen molar-refractivity contribution in [1.82, 2.24) is 10.6 Å². The van der Waals surface area contributed by atoms with Crippen molar-refractivity contribution in [2.45, 2.75) is 58.1 Å². The molecule has 1 aromatic rings. The zero-order chi connectivity index (χ0) is 16.8. The Morgan fingerprint density at radius 1 is 1.26 bits per heavy atom. The molecule has 0 radical (unpaired) electrons. The third-order valence-corrected chi connectivity index (χ3v) is 4.87. The van der Waals surface area contributed by atoms with Crippen molar-refractivity contribution in [1.29, 1.82) is 0 Å². The standard InChI is InChI=1S/C16H22N2O4S/c1-10-8-9-23-13(10)15(20)22-11(2)14(19)18-16(21)17-12-6-4-3-5-7-12/h8-9,11-12H,3-7H2,1-2H3,(H2,17,18,19,21)/t11-/m0/s1. The highest BCUT2D eigenvalue weighted by atomic mass is 32.1. The summed E-state index contributed by atoms with van der Waals surface area (Å²) in [6, 6.07) is 1.39. The number of esters is 1. The van der Waals surface area contributed by atoms with Crippen molar-refractivity contribution >= 4 is 29.2 Å². The summed E-state index contributed by atoms with van der Waals surface area (Å²) >= 11 is 1.26. The maximum Gasteiger partial charge on any atom is 0.349 e. The van der Waals surface area contributed by atoms with E-state index in [-0.39, 0.29) is 6.04 Å². The molecule has 6 nitrogen and oxygen atoms in total. The lowest BCUT2D eigenvalue weighted by atomic mass is 9.96. The van der Waals surface area contributed by atoms with Gasteiger partial charge in [0.1, 0.15) is 4.88 Å². The Morgan fingerprint density at radius 2 is 1.96 bits per heavy atom. The maximum atomic E-state index is 12.0. The molecular weight excluding hydrogens is 316 g/mol. The summed E-state index contributed by atoms with van der Waals surface area (Å²) < 4.78 is 5.11. The van der Waals surface area contributed by atoms with Gasteiger partial charge in [0.2, 0.25) is 0 Å². The van der Waals surface area contributed by atoms with E-state index in [1.807, 2.05) is 6.07 Å². The molecule has 1 aromatic heterocycles. The first-order valence-corrected chi connectivity index (χ1v) is 8.71. The summed E-state index contributed by atoms with van der Waals surface area (Å²) in [5, 5.41) is 6.80. The number of aryl methyl sites for hydroxylation is 1. The fourth-order valence-corrected chi connectivity index (χ4v) is 3.34. The average Bonchev–Trinajstić information content (AvgIpc) is 2.94. The van der Waals surface area contributed by atoms with E-state index in [1.54, 1.807) is 12.3 Å². The molecule has 0 bridgehead atoms. The smallest absolute Gasteiger partial charge is 0.349 e. The van der Waals surface area contributed by atoms with E-state index in [2.05, 4.69) is 10.6 Å². The van der Waals surface area contributed by atoms with Gasteiger partial charge >= 0.3 is 12.0 Å². The minimum atomic E-state index is -1.03. The third kappa shape index (κ3) is 5.06. The van der Waals surface area contributed by atoms with Crippen molar-refractivity contribution in [3.05, 3.63) is 21.9 Å². The second-order valence-corrected chi connectivity index (χ2v) is 6.69. The van der Waals surface area contributed by atoms with Gasteiger partial charge in [-0.1, -0.05) is 19.3 Å². The lowest BCUT2D eigenvalue weighted by Crippen LogP contribution is -2.48. The fraction of sp³-hybridized carbons (Fsp3) is 0.562. The topological polar surface area (TPSA) is 84.5 Å². The highest BCUT2D eigenvalue weighted by molar-refractivity contribution is 7.12. The number of thiophene rings is 1. The van der Waals surface area contributed by atoms with Crippen LogP contribution in [0.2, 0.25) is 0 Å². The van der Waals surface area contributed by atoms with Crippen LogP contribution in [-0.4, -0.2) is 30.1 Å². The molecule has 0 spiro atoms. The van der Waals surface area contributed by atoms with Gasteiger partial charge in [-0.05, 0) is 43.7 Å². The Hall–Kier alpha value is -1.89. The summed E-state index contributed by atoms with van der Waals surface area (Å²) in [6.45, 7) is 3.25. The van der Waals surface area contributed by atoms with Crippen LogP contribution >= 0.6 is 11.3 Å². The van der Waals surface area contributed by atoms with E-state index in [0.29, 0.717) is 4.88 Å². The monoisotopic (exact) mass is 338 g/mol. The van der Waals surface area contributed by atoms with E-state index in [1.165, 1.54) is 24.7 Å². The zero-order valence-corrected chi connectivity index (χ0v) is 14.2. The van der Waals surface area contributed by atoms with E-state index in [4.69, 9.17) is 4.74 Å². The SMILES string of the molecule is Cc1ccsc1C(=O)O[C@@H](C)C(=O)NC(=O)NC1CCCCC1. The molecule has 1 aliphatic rings. The number of carbonyl (C=O) groups excluding carboxylic acids is 3. The number of rotatable bonds is 4. The number of carbonyl (C=O) groups is 3. The molecule has 0 aliphatic heterocycles. The molecular formula is C16H22N2O4S. The zero-order valence-electron chi connectivity index (χ0n) is 13.4. The molecule has 2 N–H and O–H groups in total. The van der Waals surface area contributed by atoms with Crippen LogP contribution in [0.3, 0.4) is 0 Å². The molecule has 0 aromatic carbocycles. The molecule has 0 unspecified atom stereocenters. The molecule has 23 heavy (non-hydrogen) atoms. The minimum absolute atomic E-state index is 0.114. The number of urea groups is 1. The van der Waals surface area contributed by atoms with Gasteiger partial charge in [0.25, 0.3) is 5.91 Å². The predicted molar refractivity (Wildman–Crippen MR) is 87.5 cm³/mol. The summed E-state index contributed by atoms with van der Waals surface area (Å²) in [4.78, 5) is 36.2. The number of imide groups is 1. The molecule has 1 fully saturated rings. The van der Waals surface area contributed by atoms with Crippen LogP contribution in [0.4, 0.5) is 4.79 Å². The van der Waals surface area contributed by atoms with Crippen molar-refractivity contribution in [3.63, 3.8) is 0 Å². The summed E-state index contributed by atoms with van der Waals surface area (Å²) in [5.41, 5.74) is 0.808. The molecule has 1 atom stereocenters. The van der Waals surface area contributed by atoms with Crippen molar-refractivity contribution in [3.8, 4) is 0 Å². The third-order valence-electron chi connectivity index (χ3n) is 3.88. The van der Waals surface area contributed by atoms with Crippen molar-refractivity contribution < 1.29 is 19.1 Å². The van der Waals surface area contributed by atoms with Crippen LogP contribution in [0.5, 0.6) is 0 Å². The van der Waals surface area contributed by atoms with Crippen LogP contribution in [-0.2, 0) is 9.53 Å². The Morgan fingerprint density at radius 3 is 2.57 bits per heavy atom. The molecule has 0 saturated heterocycles. The second kappa shape index (κ2) is 8.10. The number of amides is 3. The van der Waals surface area contributed by atoms with E-state index in [9.17, 15) is 14.4 Å². The number of ether oxygens (including phenoxy) is 1. The first-order valence-electron chi connectivity index (χ1n) is 7.84. The van der Waals surface area contributed by atoms with Gasteiger partial charge in [-0.2, -0.15) is 0 Å². The molecule has 3 amide bonds. The van der Waals surface area contributed by atoms with E-state index < -0.39 is 24.0 Å². The molecule has 1 aliphatic carbocycles. The first-order chi connectivity index (χ1) is 11.0. The van der Waals surface area contributed by atoms with Crippen LogP contribution in [0.15, 0.2) is 11.4 Å². The highest BCUT2D eigenvalue weighted by Gasteiger charge is 2.23. The van der Waals surface area contributed by atoms with Gasteiger partial charge in [-0.3, -0.25) is 10.1 Å². The Balaban J connectivity index is 1.79. The van der Waals surface area contributed by atoms with Gasteiger partial charge in [-0.15, -0.1) is 11.3 Å². The Labute approximate surface area is 139 Å². The average molecular weight is 338 g/mol. The summed E-state index contributed by atoms with van der Waals surface area (Å²) in [7, 11) is 0. The van der Waals surface area contributed by atoms with Crippen molar-refractivity contribution in [2.75, 3.05) is 0 Å². The largest absolute Gasteiger partial charge is 0.448 e. The molecule has 1 saturated carbocycles. The van der Waals surface area contributed by atoms with Gasteiger partial charge in [0.15, 0.2) is 6.10 Å². The fourth-order valence-electron chi connectivity index (χ4n) is 2.53. The van der Waals surface area contributed by atoms with Crippen LogP contribution in [0, 0.1) is 6.92 Å². The lowest BCUT2D eigenvalue weighted by molar-refractivity contribution is -0.127. The van der Waals surface area contributed by atoms with Crippen LogP contribution in [0.1, 0.15) is 54.3 Å². The van der Waals surface area contributed by atoms with Gasteiger partial charge in [0, 0.05) is 6.04 Å². The number of hydrogen-bond acceptors (Lipinski definition) is 5. The van der Waals surface area contributed by atoms with Crippen molar-refractivity contribution in [2.24, 2.45) is 0 Å². The predicted octanol–water partition coefficient (Wildman–Crippen LogP) is 2.76. The van der Waals surface area contributed by atoms with Crippen LogP contribution in [0.25, 0.3) is 0 Å². The Kier molecular flexibility index (Phi) is 6.15. The second-order valence-electron chi connectivity index (χ2n) is 5.78. The minimum Gasteiger partial charge on any atom is -0.448 e.